The van der Waals surface area contributed by atoms with Crippen LogP contribution in [0, 0.1) is 5.92 Å². The molecular formula is C12H17ClN2O. The van der Waals surface area contributed by atoms with E-state index in [1.807, 2.05) is 7.05 Å². The van der Waals surface area contributed by atoms with Crippen LogP contribution in [0.2, 0.25) is 0 Å². The van der Waals surface area contributed by atoms with Gasteiger partial charge in [-0.05, 0) is 43.0 Å². The highest BCUT2D eigenvalue weighted by Crippen LogP contribution is 2.29. The summed E-state index contributed by atoms with van der Waals surface area (Å²) in [6, 6.07) is 7.08. The van der Waals surface area contributed by atoms with E-state index in [4.69, 9.17) is 5.73 Å². The molecule has 0 radical (unpaired) electrons. The summed E-state index contributed by atoms with van der Waals surface area (Å²) in [5.74, 6) is 0.814. The molecule has 0 aliphatic heterocycles. The maximum Gasteiger partial charge on any atom is 0.253 e. The highest BCUT2D eigenvalue weighted by atomic mass is 35.5. The first-order chi connectivity index (χ1) is 7.16. The number of nitrogens with zero attached hydrogens (tertiary/aromatic N) is 1. The molecule has 1 aromatic rings. The number of amides is 1. The topological polar surface area (TPSA) is 46.3 Å². The van der Waals surface area contributed by atoms with E-state index in [-0.39, 0.29) is 18.3 Å². The Bertz CT molecular complexity index is 360. The van der Waals surface area contributed by atoms with Gasteiger partial charge in [0.1, 0.15) is 0 Å². The summed E-state index contributed by atoms with van der Waals surface area (Å²) in [6.45, 7) is 0.878. The maximum atomic E-state index is 11.9. The first-order valence-corrected chi connectivity index (χ1v) is 5.28. The van der Waals surface area contributed by atoms with Gasteiger partial charge in [-0.15, -0.1) is 12.4 Å². The molecule has 2 N–H and O–H groups in total. The Morgan fingerprint density at radius 2 is 1.94 bits per heavy atom. The van der Waals surface area contributed by atoms with Crippen LogP contribution in [0.4, 0.5) is 5.69 Å². The van der Waals surface area contributed by atoms with Gasteiger partial charge in [-0.1, -0.05) is 0 Å². The largest absolute Gasteiger partial charge is 0.399 e. The fourth-order valence-corrected chi connectivity index (χ4v) is 1.62. The van der Waals surface area contributed by atoms with Crippen LogP contribution in [0.25, 0.3) is 0 Å². The lowest BCUT2D eigenvalue weighted by Gasteiger charge is -2.16. The van der Waals surface area contributed by atoms with Crippen LogP contribution < -0.4 is 5.73 Å². The van der Waals surface area contributed by atoms with Gasteiger partial charge >= 0.3 is 0 Å². The number of benzene rings is 1. The number of rotatable bonds is 3. The van der Waals surface area contributed by atoms with Crippen molar-refractivity contribution in [2.75, 3.05) is 19.3 Å². The monoisotopic (exact) mass is 240 g/mol. The van der Waals surface area contributed by atoms with Crippen molar-refractivity contribution in [1.29, 1.82) is 0 Å². The minimum absolute atomic E-state index is 0. The average Bonchev–Trinajstić information content (AvgIpc) is 3.02. The van der Waals surface area contributed by atoms with Crippen molar-refractivity contribution in [3.05, 3.63) is 29.8 Å². The zero-order chi connectivity index (χ0) is 10.8. The van der Waals surface area contributed by atoms with E-state index < -0.39 is 0 Å². The summed E-state index contributed by atoms with van der Waals surface area (Å²) in [5, 5.41) is 0. The van der Waals surface area contributed by atoms with E-state index >= 15 is 0 Å². The Kier molecular flexibility index (Phi) is 4.19. The average molecular weight is 241 g/mol. The van der Waals surface area contributed by atoms with Gasteiger partial charge in [0.05, 0.1) is 0 Å². The number of nitrogens with two attached hydrogens (primary N) is 1. The molecule has 16 heavy (non-hydrogen) atoms. The molecule has 3 nitrogen and oxygen atoms in total. The molecule has 0 aromatic heterocycles. The van der Waals surface area contributed by atoms with Gasteiger partial charge < -0.3 is 10.6 Å². The summed E-state index contributed by atoms with van der Waals surface area (Å²) in [6.07, 6.45) is 2.53. The van der Waals surface area contributed by atoms with Crippen molar-refractivity contribution in [2.45, 2.75) is 12.8 Å². The van der Waals surface area contributed by atoms with Crippen LogP contribution in [-0.2, 0) is 0 Å². The van der Waals surface area contributed by atoms with Crippen LogP contribution in [0.3, 0.4) is 0 Å². The van der Waals surface area contributed by atoms with E-state index in [9.17, 15) is 4.79 Å². The third-order valence-corrected chi connectivity index (χ3v) is 2.73. The molecule has 0 bridgehead atoms. The first kappa shape index (κ1) is 12.8. The molecule has 0 saturated heterocycles. The van der Waals surface area contributed by atoms with Crippen molar-refractivity contribution in [1.82, 2.24) is 4.90 Å². The zero-order valence-corrected chi connectivity index (χ0v) is 10.2. The second kappa shape index (κ2) is 5.21. The molecule has 1 aliphatic rings. The van der Waals surface area contributed by atoms with Gasteiger partial charge in [0.2, 0.25) is 0 Å². The Labute approximate surface area is 102 Å². The second-order valence-corrected chi connectivity index (χ2v) is 4.25. The highest BCUT2D eigenvalue weighted by molar-refractivity contribution is 5.94. The lowest BCUT2D eigenvalue weighted by atomic mass is 10.2. The molecule has 0 unspecified atom stereocenters. The number of nitrogen functional groups attached to an aromatic ring is 1. The van der Waals surface area contributed by atoms with E-state index in [1.165, 1.54) is 12.8 Å². The predicted molar refractivity (Wildman–Crippen MR) is 67.8 cm³/mol. The molecule has 1 amide bonds. The molecule has 1 fully saturated rings. The summed E-state index contributed by atoms with van der Waals surface area (Å²) in [5.41, 5.74) is 6.97. The van der Waals surface area contributed by atoms with Crippen molar-refractivity contribution in [3.63, 3.8) is 0 Å². The number of hydrogen-bond acceptors (Lipinski definition) is 2. The molecular weight excluding hydrogens is 224 g/mol. The molecule has 0 atom stereocenters. The number of carbonyl (C=O) groups excluding carboxylic acids is 1. The van der Waals surface area contributed by atoms with Crippen LogP contribution >= 0.6 is 12.4 Å². The summed E-state index contributed by atoms with van der Waals surface area (Å²) >= 11 is 0. The molecule has 0 heterocycles. The third-order valence-electron chi connectivity index (χ3n) is 2.73. The van der Waals surface area contributed by atoms with Crippen molar-refractivity contribution >= 4 is 24.0 Å². The van der Waals surface area contributed by atoms with Crippen molar-refractivity contribution < 1.29 is 4.79 Å². The van der Waals surface area contributed by atoms with Gasteiger partial charge in [-0.25, -0.2) is 0 Å². The van der Waals surface area contributed by atoms with Crippen LogP contribution in [-0.4, -0.2) is 24.4 Å². The Morgan fingerprint density at radius 3 is 2.44 bits per heavy atom. The zero-order valence-electron chi connectivity index (χ0n) is 9.35. The van der Waals surface area contributed by atoms with Gasteiger partial charge in [0.15, 0.2) is 0 Å². The number of anilines is 1. The van der Waals surface area contributed by atoms with Crippen molar-refractivity contribution in [2.24, 2.45) is 5.92 Å². The molecule has 4 heteroatoms. The summed E-state index contributed by atoms with van der Waals surface area (Å²) in [7, 11) is 1.86. The fourth-order valence-electron chi connectivity index (χ4n) is 1.62. The van der Waals surface area contributed by atoms with E-state index in [0.29, 0.717) is 11.3 Å². The molecule has 88 valence electrons. The highest BCUT2D eigenvalue weighted by Gasteiger charge is 2.25. The minimum atomic E-state index is 0. The van der Waals surface area contributed by atoms with Crippen molar-refractivity contribution in [3.8, 4) is 0 Å². The van der Waals surface area contributed by atoms with Gasteiger partial charge in [-0.2, -0.15) is 0 Å². The van der Waals surface area contributed by atoms with E-state index in [1.54, 1.807) is 29.2 Å². The van der Waals surface area contributed by atoms with Crippen LogP contribution in [0.15, 0.2) is 24.3 Å². The molecule has 1 aromatic carbocycles. The smallest absolute Gasteiger partial charge is 0.253 e. The van der Waals surface area contributed by atoms with Gasteiger partial charge in [0.25, 0.3) is 5.91 Å². The maximum absolute atomic E-state index is 11.9. The Morgan fingerprint density at radius 1 is 1.38 bits per heavy atom. The minimum Gasteiger partial charge on any atom is -0.399 e. The van der Waals surface area contributed by atoms with E-state index in [2.05, 4.69) is 0 Å². The standard InChI is InChI=1S/C12H16N2O.ClH/c1-14(8-9-2-3-9)12(15)10-4-6-11(13)7-5-10;/h4-7,9H,2-3,8,13H2,1H3;1H. The van der Waals surface area contributed by atoms with Crippen LogP contribution in [0.1, 0.15) is 23.2 Å². The molecule has 1 saturated carbocycles. The first-order valence-electron chi connectivity index (χ1n) is 5.28. The van der Waals surface area contributed by atoms with E-state index in [0.717, 1.165) is 12.5 Å². The molecule has 0 spiro atoms. The number of carbonyl (C=O) groups is 1. The number of halogens is 1. The summed E-state index contributed by atoms with van der Waals surface area (Å²) < 4.78 is 0. The lowest BCUT2D eigenvalue weighted by Crippen LogP contribution is -2.28. The summed E-state index contributed by atoms with van der Waals surface area (Å²) in [4.78, 5) is 13.7. The fraction of sp³-hybridized carbons (Fsp3) is 0.417. The SMILES string of the molecule is CN(CC1CC1)C(=O)c1ccc(N)cc1.Cl. The number of hydrogen-bond donors (Lipinski definition) is 1. The molecule has 1 aliphatic carbocycles. The normalized spacial score (nSPS) is 14.1. The lowest BCUT2D eigenvalue weighted by molar-refractivity contribution is 0.0789. The van der Waals surface area contributed by atoms with Gasteiger partial charge in [0, 0.05) is 24.8 Å². The van der Waals surface area contributed by atoms with Gasteiger partial charge in [-0.3, -0.25) is 4.79 Å². The molecule has 2 rings (SSSR count). The Hall–Kier alpha value is -1.22. The van der Waals surface area contributed by atoms with Crippen LogP contribution in [0.5, 0.6) is 0 Å². The quantitative estimate of drug-likeness (QED) is 0.824. The third kappa shape index (κ3) is 3.14. The predicted octanol–water partition coefficient (Wildman–Crippen LogP) is 2.17. The second-order valence-electron chi connectivity index (χ2n) is 4.25. The Balaban J connectivity index is 0.00000128.